The third-order valence-corrected chi connectivity index (χ3v) is 1.70. The molecule has 0 unspecified atom stereocenters. The van der Waals surface area contributed by atoms with Gasteiger partial charge in [-0.2, -0.15) is 10.1 Å². The molecular formula is C8H9N3O2. The molecule has 5 heteroatoms. The highest BCUT2D eigenvalue weighted by molar-refractivity contribution is 5.79. The monoisotopic (exact) mass is 179 g/mol. The molecule has 1 saturated heterocycles. The van der Waals surface area contributed by atoms with Crippen molar-refractivity contribution in [2.24, 2.45) is 5.10 Å². The van der Waals surface area contributed by atoms with Crippen molar-refractivity contribution < 1.29 is 9.53 Å². The number of aromatic nitrogens is 1. The topological polar surface area (TPSA) is 57.7 Å². The van der Waals surface area contributed by atoms with Crippen molar-refractivity contribution in [3.8, 4) is 0 Å². The first-order valence-corrected chi connectivity index (χ1v) is 3.98. The number of ether oxygens (including phenoxy) is 1. The van der Waals surface area contributed by atoms with Gasteiger partial charge in [0.25, 0.3) is 0 Å². The van der Waals surface area contributed by atoms with Crippen LogP contribution in [0.2, 0.25) is 0 Å². The van der Waals surface area contributed by atoms with Crippen LogP contribution in [-0.2, 0) is 4.74 Å². The van der Waals surface area contributed by atoms with Gasteiger partial charge in [-0.3, -0.25) is 0 Å². The first kappa shape index (κ1) is 7.85. The number of amides is 1. The zero-order chi connectivity index (χ0) is 9.10. The van der Waals surface area contributed by atoms with E-state index in [0.717, 1.165) is 5.69 Å². The van der Waals surface area contributed by atoms with Crippen molar-refractivity contribution >= 4 is 12.3 Å². The number of H-pyrrole nitrogens is 1. The second-order valence-corrected chi connectivity index (χ2v) is 2.61. The maximum Gasteiger partial charge on any atom is 0.430 e. The molecule has 1 aromatic rings. The molecule has 2 rings (SSSR count). The minimum absolute atomic E-state index is 0.386. The first-order valence-electron chi connectivity index (χ1n) is 3.98. The van der Waals surface area contributed by atoms with Gasteiger partial charge in [0.15, 0.2) is 0 Å². The number of aromatic amines is 1. The van der Waals surface area contributed by atoms with Gasteiger partial charge >= 0.3 is 6.09 Å². The molecule has 1 N–H and O–H groups in total. The third kappa shape index (κ3) is 1.69. The molecule has 2 heterocycles. The highest BCUT2D eigenvalue weighted by Gasteiger charge is 2.20. The molecule has 68 valence electrons. The van der Waals surface area contributed by atoms with Crippen LogP contribution >= 0.6 is 0 Å². The van der Waals surface area contributed by atoms with Crippen molar-refractivity contribution in [2.45, 2.75) is 0 Å². The van der Waals surface area contributed by atoms with Crippen LogP contribution in [0.25, 0.3) is 0 Å². The minimum atomic E-state index is -0.386. The van der Waals surface area contributed by atoms with Gasteiger partial charge in [-0.15, -0.1) is 0 Å². The Morgan fingerprint density at radius 2 is 2.62 bits per heavy atom. The zero-order valence-electron chi connectivity index (χ0n) is 6.93. The van der Waals surface area contributed by atoms with Crippen LogP contribution < -0.4 is 0 Å². The largest absolute Gasteiger partial charge is 0.446 e. The lowest BCUT2D eigenvalue weighted by molar-refractivity contribution is 0.159. The SMILES string of the molecule is O=C1OCCN1N=Cc1ccc[nH]1. The molecule has 1 aliphatic rings. The van der Waals surface area contributed by atoms with E-state index < -0.39 is 0 Å². The third-order valence-electron chi connectivity index (χ3n) is 1.70. The molecule has 1 amide bonds. The normalized spacial score (nSPS) is 16.9. The Bertz CT molecular complexity index is 318. The number of carbonyl (C=O) groups excluding carboxylic acids is 1. The Kier molecular flexibility index (Phi) is 1.99. The number of nitrogens with zero attached hydrogens (tertiary/aromatic N) is 2. The standard InChI is InChI=1S/C8H9N3O2/c12-8-11(4-5-13-8)10-6-7-2-1-3-9-7/h1-3,6,9H,4-5H2. The lowest BCUT2D eigenvalue weighted by atomic mass is 10.5. The van der Waals surface area contributed by atoms with Crippen molar-refractivity contribution in [3.05, 3.63) is 24.0 Å². The maximum atomic E-state index is 10.9. The molecule has 0 aliphatic carbocycles. The van der Waals surface area contributed by atoms with E-state index in [9.17, 15) is 4.79 Å². The van der Waals surface area contributed by atoms with E-state index in [1.807, 2.05) is 12.1 Å². The van der Waals surface area contributed by atoms with Crippen LogP contribution in [-0.4, -0.2) is 35.5 Å². The fraction of sp³-hybridized carbons (Fsp3) is 0.250. The van der Waals surface area contributed by atoms with E-state index in [2.05, 4.69) is 10.1 Å². The van der Waals surface area contributed by atoms with Gasteiger partial charge in [-0.1, -0.05) is 0 Å². The summed E-state index contributed by atoms with van der Waals surface area (Å²) in [4.78, 5) is 13.9. The van der Waals surface area contributed by atoms with E-state index in [1.54, 1.807) is 12.4 Å². The summed E-state index contributed by atoms with van der Waals surface area (Å²) in [6.45, 7) is 0.941. The van der Waals surface area contributed by atoms with Gasteiger partial charge in [0.05, 0.1) is 18.5 Å². The summed E-state index contributed by atoms with van der Waals surface area (Å²) in [7, 11) is 0. The van der Waals surface area contributed by atoms with Gasteiger partial charge in [0.2, 0.25) is 0 Å². The van der Waals surface area contributed by atoms with Crippen molar-refractivity contribution in [1.82, 2.24) is 9.99 Å². The van der Waals surface area contributed by atoms with Crippen molar-refractivity contribution in [2.75, 3.05) is 13.2 Å². The number of carbonyl (C=O) groups is 1. The average Bonchev–Trinajstić information content (AvgIpc) is 2.72. The van der Waals surface area contributed by atoms with Gasteiger partial charge < -0.3 is 9.72 Å². The summed E-state index contributed by atoms with van der Waals surface area (Å²) in [5, 5.41) is 5.24. The first-order chi connectivity index (χ1) is 6.36. The van der Waals surface area contributed by atoms with Gasteiger partial charge in [-0.25, -0.2) is 4.79 Å². The lowest BCUT2D eigenvalue weighted by Gasteiger charge is -2.02. The van der Waals surface area contributed by atoms with Crippen molar-refractivity contribution in [1.29, 1.82) is 0 Å². The molecule has 0 radical (unpaired) electrons. The highest BCUT2D eigenvalue weighted by atomic mass is 16.6. The van der Waals surface area contributed by atoms with Crippen LogP contribution in [0.4, 0.5) is 4.79 Å². The number of hydrogen-bond donors (Lipinski definition) is 1. The summed E-state index contributed by atoms with van der Waals surface area (Å²) < 4.78 is 4.70. The Morgan fingerprint density at radius 1 is 1.69 bits per heavy atom. The van der Waals surface area contributed by atoms with E-state index in [0.29, 0.717) is 13.2 Å². The fourth-order valence-electron chi connectivity index (χ4n) is 1.05. The predicted octanol–water partition coefficient (Wildman–Crippen LogP) is 0.801. The Morgan fingerprint density at radius 3 is 3.23 bits per heavy atom. The zero-order valence-corrected chi connectivity index (χ0v) is 6.93. The van der Waals surface area contributed by atoms with E-state index in [4.69, 9.17) is 4.74 Å². The summed E-state index contributed by atoms with van der Waals surface area (Å²) in [5.74, 6) is 0. The van der Waals surface area contributed by atoms with Crippen molar-refractivity contribution in [3.63, 3.8) is 0 Å². The Labute approximate surface area is 75.0 Å². The average molecular weight is 179 g/mol. The van der Waals surface area contributed by atoms with E-state index in [-0.39, 0.29) is 6.09 Å². The molecule has 5 nitrogen and oxygen atoms in total. The maximum absolute atomic E-state index is 10.9. The summed E-state index contributed by atoms with van der Waals surface area (Å²) in [6, 6.07) is 3.73. The van der Waals surface area contributed by atoms with Gasteiger partial charge in [-0.05, 0) is 12.1 Å². The van der Waals surface area contributed by atoms with Crippen LogP contribution in [0, 0.1) is 0 Å². The molecule has 0 bridgehead atoms. The number of hydrogen-bond acceptors (Lipinski definition) is 3. The molecule has 0 spiro atoms. The molecule has 1 aliphatic heterocycles. The summed E-state index contributed by atoms with van der Waals surface area (Å²) in [5.41, 5.74) is 0.861. The summed E-state index contributed by atoms with van der Waals surface area (Å²) >= 11 is 0. The summed E-state index contributed by atoms with van der Waals surface area (Å²) in [6.07, 6.45) is 3.00. The second kappa shape index (κ2) is 3.30. The number of rotatable bonds is 2. The smallest absolute Gasteiger partial charge is 0.430 e. The molecule has 13 heavy (non-hydrogen) atoms. The van der Waals surface area contributed by atoms with E-state index >= 15 is 0 Å². The highest BCUT2D eigenvalue weighted by Crippen LogP contribution is 2.03. The van der Waals surface area contributed by atoms with Crippen LogP contribution in [0.3, 0.4) is 0 Å². The Hall–Kier alpha value is -1.78. The lowest BCUT2D eigenvalue weighted by Crippen LogP contribution is -2.17. The van der Waals surface area contributed by atoms with Crippen LogP contribution in [0.15, 0.2) is 23.4 Å². The number of nitrogens with one attached hydrogen (secondary N) is 1. The quantitative estimate of drug-likeness (QED) is 0.682. The number of hydrazone groups is 1. The molecule has 0 saturated carbocycles. The molecule has 0 aromatic carbocycles. The second-order valence-electron chi connectivity index (χ2n) is 2.61. The van der Waals surface area contributed by atoms with Gasteiger partial charge in [0, 0.05) is 6.20 Å². The fourth-order valence-corrected chi connectivity index (χ4v) is 1.05. The Balaban J connectivity index is 2.01. The number of cyclic esters (lactones) is 1. The molecule has 0 atom stereocenters. The van der Waals surface area contributed by atoms with E-state index in [1.165, 1.54) is 5.01 Å². The molecule has 1 aromatic heterocycles. The molecule has 1 fully saturated rings. The van der Waals surface area contributed by atoms with Crippen LogP contribution in [0.1, 0.15) is 5.69 Å². The predicted molar refractivity (Wildman–Crippen MR) is 46.4 cm³/mol. The minimum Gasteiger partial charge on any atom is -0.446 e. The molecular weight excluding hydrogens is 170 g/mol. The van der Waals surface area contributed by atoms with Gasteiger partial charge in [0.1, 0.15) is 6.61 Å². The van der Waals surface area contributed by atoms with Crippen LogP contribution in [0.5, 0.6) is 0 Å².